The fourth-order valence-electron chi connectivity index (χ4n) is 20.1. The van der Waals surface area contributed by atoms with Crippen LogP contribution in [0.1, 0.15) is 134 Å². The summed E-state index contributed by atoms with van der Waals surface area (Å²) in [5.74, 6) is 0. The predicted molar refractivity (Wildman–Crippen MR) is 525 cm³/mol. The van der Waals surface area contributed by atoms with Gasteiger partial charge in [-0.25, -0.2) is 0 Å². The van der Waals surface area contributed by atoms with Crippen LogP contribution in [0, 0.1) is 0 Å². The first-order valence-corrected chi connectivity index (χ1v) is 43.4. The van der Waals surface area contributed by atoms with Crippen molar-refractivity contribution in [3.8, 4) is 94.7 Å². The summed E-state index contributed by atoms with van der Waals surface area (Å²) < 4.78 is 50.2. The Balaban J connectivity index is 0.985. The Morgan fingerprint density at radius 2 is 0.650 bits per heavy atom. The van der Waals surface area contributed by atoms with Gasteiger partial charge in [0.2, 0.25) is 0 Å². The molecule has 0 saturated heterocycles. The van der Waals surface area contributed by atoms with Gasteiger partial charge in [-0.05, 0) is 228 Å². The molecular formula is C119H100BN3. The van der Waals surface area contributed by atoms with E-state index >= 15 is 0 Å². The molecule has 0 bridgehead atoms. The van der Waals surface area contributed by atoms with E-state index in [0.29, 0.717) is 5.56 Å². The standard InChI is InChI=1S/C119H100BN3/c1-115(2,3)88-60-65-105-100(70-88)101-71-89(116(4,5)6)61-66-106(101)121(105)92-62-64-104-108(76-92)123(114-98(82-45-28-17-29-46-82)74-91(118(10,11)12)75-99(114)83-47-30-18-31-48-83)110-69-85(93-52-36-53-95-94-51-34-35-54-102(94)119(111(93)95,86-49-32-19-33-50-86)87-58-55-79(56-59-87)77-37-20-13-21-38-77)68-109-112(110)120(104)103-63-57-84(78-39-22-14-23-40-78)67-107(103)122(109)113-96(80-41-24-15-25-42-80)72-90(117(7,8)9)73-97(113)81-43-26-16-27-44-81/h13-76H,1-12H3/i14D,22D,23D,39D,40D. The largest absolute Gasteiger partial charge is 0.310 e. The Morgan fingerprint density at radius 3 is 1.12 bits per heavy atom. The van der Waals surface area contributed by atoms with Gasteiger partial charge in [0, 0.05) is 61.5 Å². The quantitative estimate of drug-likeness (QED) is 0.113. The Bertz CT molecular complexity index is 7280. The molecule has 0 spiro atoms. The van der Waals surface area contributed by atoms with E-state index in [1.54, 1.807) is 0 Å². The minimum Gasteiger partial charge on any atom is -0.310 e. The van der Waals surface area contributed by atoms with Gasteiger partial charge in [0.05, 0.1) is 34.7 Å². The topological polar surface area (TPSA) is 11.4 Å². The zero-order valence-electron chi connectivity index (χ0n) is 77.0. The lowest BCUT2D eigenvalue weighted by atomic mass is 9.33. The fourth-order valence-corrected chi connectivity index (χ4v) is 20.1. The van der Waals surface area contributed by atoms with Crippen molar-refractivity contribution in [2.75, 3.05) is 9.80 Å². The van der Waals surface area contributed by atoms with Gasteiger partial charge < -0.3 is 14.4 Å². The Morgan fingerprint density at radius 1 is 0.268 bits per heavy atom. The molecule has 1 atom stereocenters. The molecule has 594 valence electrons. The minimum atomic E-state index is -0.905. The molecule has 21 rings (SSSR count). The average molecular weight is 1590 g/mol. The number of aromatic nitrogens is 1. The second-order valence-electron chi connectivity index (χ2n) is 38.0. The maximum atomic E-state index is 9.94. The number of rotatable bonds is 12. The molecule has 2 aliphatic heterocycles. The van der Waals surface area contributed by atoms with Crippen LogP contribution in [0.15, 0.2) is 388 Å². The van der Waals surface area contributed by atoms with Gasteiger partial charge in [0.15, 0.2) is 0 Å². The zero-order valence-corrected chi connectivity index (χ0v) is 72.0. The van der Waals surface area contributed by atoms with Crippen molar-refractivity contribution in [1.29, 1.82) is 0 Å². The van der Waals surface area contributed by atoms with E-state index in [4.69, 9.17) is 1.37 Å². The molecule has 123 heavy (non-hydrogen) atoms. The molecule has 1 unspecified atom stereocenters. The molecule has 4 heteroatoms. The number of hydrogen-bond acceptors (Lipinski definition) is 2. The minimum absolute atomic E-state index is 0.123. The zero-order chi connectivity index (χ0) is 88.4. The van der Waals surface area contributed by atoms with E-state index in [2.05, 4.69) is 449 Å². The van der Waals surface area contributed by atoms with Gasteiger partial charge in [0.25, 0.3) is 6.71 Å². The summed E-state index contributed by atoms with van der Waals surface area (Å²) in [5.41, 5.74) is 35.0. The first-order chi connectivity index (χ1) is 61.6. The third-order valence-corrected chi connectivity index (χ3v) is 26.3. The second kappa shape index (κ2) is 29.2. The maximum Gasteiger partial charge on any atom is 0.252 e. The monoisotopic (exact) mass is 1590 g/mol. The van der Waals surface area contributed by atoms with Crippen molar-refractivity contribution in [2.24, 2.45) is 0 Å². The van der Waals surface area contributed by atoms with E-state index in [1.807, 2.05) is 6.07 Å². The molecule has 17 aromatic carbocycles. The first kappa shape index (κ1) is 71.0. The SMILES string of the molecule is [2H]c1c([2H])c([2H])c(-c2ccc3c(c2)N(c2c(-c4ccccc4)cc(C(C)(C)C)cc2-c2ccccc2)c2cc(-c4cccc5c4C(c4ccccc4)(c4ccc(-c6ccccc6)cc4)c4ccccc4-5)cc4c2B3c2ccc(-n3c5ccc(C(C)(C)C)cc5c5cc(C(C)(C)C)ccc53)cc2N4c2c(-c3ccccc3)cc(C(C)(C)C)cc2-c2ccccc2)c([2H])c1[2H]. The van der Waals surface area contributed by atoms with Crippen LogP contribution in [0.2, 0.25) is 0 Å². The molecule has 0 saturated carbocycles. The van der Waals surface area contributed by atoms with Gasteiger partial charge >= 0.3 is 0 Å². The highest BCUT2D eigenvalue weighted by Gasteiger charge is 2.50. The molecule has 3 nitrogen and oxygen atoms in total. The van der Waals surface area contributed by atoms with Crippen LogP contribution in [0.25, 0.3) is 117 Å². The highest BCUT2D eigenvalue weighted by molar-refractivity contribution is 7.00. The number of anilines is 6. The smallest absolute Gasteiger partial charge is 0.252 e. The van der Waals surface area contributed by atoms with Crippen molar-refractivity contribution in [3.05, 3.63) is 433 Å². The number of benzene rings is 17. The van der Waals surface area contributed by atoms with Crippen LogP contribution in [0.3, 0.4) is 0 Å². The van der Waals surface area contributed by atoms with Crippen molar-refractivity contribution < 1.29 is 6.85 Å². The molecule has 0 fully saturated rings. The van der Waals surface area contributed by atoms with Gasteiger partial charge in [-0.1, -0.05) is 392 Å². The average Bonchev–Trinajstić information content (AvgIpc) is 1.51. The predicted octanol–water partition coefficient (Wildman–Crippen LogP) is 30.1. The molecule has 1 aliphatic carbocycles. The van der Waals surface area contributed by atoms with Crippen molar-refractivity contribution >= 4 is 79.0 Å². The van der Waals surface area contributed by atoms with Gasteiger partial charge in [-0.15, -0.1) is 0 Å². The lowest BCUT2D eigenvalue weighted by molar-refractivity contribution is 0.590. The van der Waals surface area contributed by atoms with E-state index in [0.717, 1.165) is 167 Å². The highest BCUT2D eigenvalue weighted by atomic mass is 15.2. The third-order valence-electron chi connectivity index (χ3n) is 26.3. The van der Waals surface area contributed by atoms with Crippen LogP contribution in [-0.2, 0) is 27.1 Å². The Hall–Kier alpha value is -13.8. The van der Waals surface area contributed by atoms with Crippen LogP contribution in [-0.4, -0.2) is 11.3 Å². The van der Waals surface area contributed by atoms with E-state index in [1.165, 1.54) is 33.0 Å². The van der Waals surface area contributed by atoms with Crippen LogP contribution >= 0.6 is 0 Å². The highest BCUT2D eigenvalue weighted by Crippen LogP contribution is 2.62. The lowest BCUT2D eigenvalue weighted by Gasteiger charge is -2.46. The molecule has 3 aliphatic rings. The van der Waals surface area contributed by atoms with Gasteiger partial charge in [-0.3, -0.25) is 0 Å². The summed E-state index contributed by atoms with van der Waals surface area (Å²) >= 11 is 0. The van der Waals surface area contributed by atoms with Crippen molar-refractivity contribution in [3.63, 3.8) is 0 Å². The summed E-state index contributed by atoms with van der Waals surface area (Å²) in [6.45, 7) is 27.2. The molecule has 1 aromatic heterocycles. The molecule has 0 radical (unpaired) electrons. The molecule has 18 aromatic rings. The fraction of sp³-hybridized carbons (Fsp3) is 0.143. The van der Waals surface area contributed by atoms with Gasteiger partial charge in [0.1, 0.15) is 0 Å². The number of hydrogen-bond donors (Lipinski definition) is 0. The van der Waals surface area contributed by atoms with Gasteiger partial charge in [-0.2, -0.15) is 0 Å². The van der Waals surface area contributed by atoms with E-state index in [9.17, 15) is 5.48 Å². The summed E-state index contributed by atoms with van der Waals surface area (Å²) in [5, 5.41) is 2.38. The molecule has 0 amide bonds. The van der Waals surface area contributed by atoms with E-state index in [-0.39, 0.29) is 39.3 Å². The maximum absolute atomic E-state index is 9.94. The number of fused-ring (bicyclic) bond motifs is 10. The summed E-state index contributed by atoms with van der Waals surface area (Å²) in [7, 11) is 0. The summed E-state index contributed by atoms with van der Waals surface area (Å²) in [6.07, 6.45) is 0. The lowest BCUT2D eigenvalue weighted by Crippen LogP contribution is -2.61. The molecular weight excluding hydrogens is 1480 g/mol. The third kappa shape index (κ3) is 12.8. The summed E-state index contributed by atoms with van der Waals surface area (Å²) in [4.78, 5) is 5.23. The van der Waals surface area contributed by atoms with Crippen LogP contribution in [0.5, 0.6) is 0 Å². The van der Waals surface area contributed by atoms with Crippen LogP contribution in [0.4, 0.5) is 34.1 Å². The Kier molecular flexibility index (Phi) is 16.9. The second-order valence-corrected chi connectivity index (χ2v) is 38.0. The van der Waals surface area contributed by atoms with Crippen molar-refractivity contribution in [2.45, 2.75) is 110 Å². The van der Waals surface area contributed by atoms with Crippen LogP contribution < -0.4 is 26.2 Å². The van der Waals surface area contributed by atoms with E-state index < -0.39 is 30.3 Å². The molecule has 0 N–H and O–H groups in total. The Labute approximate surface area is 733 Å². The first-order valence-electron chi connectivity index (χ1n) is 45.9. The normalized spacial score (nSPS) is 14.7. The summed E-state index contributed by atoms with van der Waals surface area (Å²) in [6, 6.07) is 132. The number of nitrogens with zero attached hydrogens (tertiary/aromatic N) is 3. The molecule has 3 heterocycles. The van der Waals surface area contributed by atoms with Crippen molar-refractivity contribution in [1.82, 2.24) is 4.57 Å².